The van der Waals surface area contributed by atoms with Crippen LogP contribution in [0.3, 0.4) is 0 Å². The van der Waals surface area contributed by atoms with Gasteiger partial charge in [0, 0.05) is 6.04 Å². The number of carbonyl (C=O) groups excluding carboxylic acids is 2. The highest BCUT2D eigenvalue weighted by Gasteiger charge is 2.22. The molecule has 0 saturated heterocycles. The summed E-state index contributed by atoms with van der Waals surface area (Å²) in [6.45, 7) is 1.88. The van der Waals surface area contributed by atoms with Crippen molar-refractivity contribution in [1.29, 1.82) is 0 Å². The van der Waals surface area contributed by atoms with Gasteiger partial charge in [-0.25, -0.2) is 0 Å². The van der Waals surface area contributed by atoms with Crippen LogP contribution < -0.4 is 15.4 Å². The van der Waals surface area contributed by atoms with E-state index in [0.29, 0.717) is 11.3 Å². The van der Waals surface area contributed by atoms with E-state index in [0.717, 1.165) is 47.8 Å². The van der Waals surface area contributed by atoms with Crippen LogP contribution in [0.15, 0.2) is 60.7 Å². The van der Waals surface area contributed by atoms with E-state index in [1.807, 2.05) is 55.5 Å². The van der Waals surface area contributed by atoms with Gasteiger partial charge in [0.2, 0.25) is 5.91 Å². The number of ether oxygens (including phenoxy) is 1. The van der Waals surface area contributed by atoms with E-state index in [2.05, 4.69) is 10.6 Å². The molecule has 31 heavy (non-hydrogen) atoms. The molecule has 1 saturated carbocycles. The number of anilines is 1. The molecule has 4 rings (SSSR count). The second-order valence-corrected chi connectivity index (χ2v) is 8.18. The first kappa shape index (κ1) is 20.9. The van der Waals surface area contributed by atoms with E-state index in [1.54, 1.807) is 19.2 Å². The maximum Gasteiger partial charge on any atom is 0.253 e. The van der Waals surface area contributed by atoms with Crippen molar-refractivity contribution in [1.82, 2.24) is 5.32 Å². The van der Waals surface area contributed by atoms with E-state index in [4.69, 9.17) is 4.74 Å². The molecule has 0 aliphatic heterocycles. The van der Waals surface area contributed by atoms with Gasteiger partial charge in [0.1, 0.15) is 5.75 Å². The van der Waals surface area contributed by atoms with E-state index in [1.165, 1.54) is 0 Å². The maximum atomic E-state index is 13.0. The van der Waals surface area contributed by atoms with E-state index in [-0.39, 0.29) is 23.8 Å². The number of methoxy groups -OCH3 is 1. The number of rotatable bonds is 6. The molecule has 0 aromatic heterocycles. The maximum absolute atomic E-state index is 13.0. The highest BCUT2D eigenvalue weighted by Crippen LogP contribution is 2.27. The first-order valence-electron chi connectivity index (χ1n) is 10.8. The van der Waals surface area contributed by atoms with Crippen molar-refractivity contribution < 1.29 is 14.3 Å². The monoisotopic (exact) mass is 416 g/mol. The van der Waals surface area contributed by atoms with Gasteiger partial charge in [-0.05, 0) is 60.4 Å². The summed E-state index contributed by atoms with van der Waals surface area (Å²) in [5.74, 6) is 0.167. The van der Waals surface area contributed by atoms with Crippen molar-refractivity contribution in [3.63, 3.8) is 0 Å². The average Bonchev–Trinajstić information content (AvgIpc) is 3.31. The zero-order chi connectivity index (χ0) is 21.8. The Morgan fingerprint density at radius 2 is 1.68 bits per heavy atom. The Morgan fingerprint density at radius 1 is 0.968 bits per heavy atom. The summed E-state index contributed by atoms with van der Waals surface area (Å²) in [6, 6.07) is 19.3. The van der Waals surface area contributed by atoms with Crippen molar-refractivity contribution >= 4 is 28.3 Å². The Hall–Kier alpha value is -3.34. The molecule has 1 atom stereocenters. The van der Waals surface area contributed by atoms with Crippen molar-refractivity contribution in [3.8, 4) is 5.75 Å². The highest BCUT2D eigenvalue weighted by atomic mass is 16.5. The molecule has 5 nitrogen and oxygen atoms in total. The van der Waals surface area contributed by atoms with Crippen LogP contribution in [0.25, 0.3) is 10.8 Å². The quantitative estimate of drug-likeness (QED) is 0.576. The molecule has 1 fully saturated rings. The van der Waals surface area contributed by atoms with Gasteiger partial charge >= 0.3 is 0 Å². The summed E-state index contributed by atoms with van der Waals surface area (Å²) in [5, 5.41) is 8.17. The van der Waals surface area contributed by atoms with Gasteiger partial charge in [-0.2, -0.15) is 0 Å². The number of hydrogen-bond acceptors (Lipinski definition) is 3. The molecule has 1 aliphatic carbocycles. The number of amides is 2. The number of nitrogens with one attached hydrogen (secondary N) is 2. The third-order valence-electron chi connectivity index (χ3n) is 6.08. The van der Waals surface area contributed by atoms with Crippen LogP contribution in [-0.2, 0) is 4.79 Å². The molecule has 0 radical (unpaired) electrons. The number of carbonyl (C=O) groups is 2. The Morgan fingerprint density at radius 3 is 2.45 bits per heavy atom. The molecule has 0 unspecified atom stereocenters. The highest BCUT2D eigenvalue weighted by molar-refractivity contribution is 6.05. The lowest BCUT2D eigenvalue weighted by Gasteiger charge is -2.17. The van der Waals surface area contributed by atoms with Gasteiger partial charge < -0.3 is 15.4 Å². The molecule has 0 heterocycles. The van der Waals surface area contributed by atoms with E-state index < -0.39 is 0 Å². The molecule has 5 heteroatoms. The van der Waals surface area contributed by atoms with Crippen LogP contribution >= 0.6 is 0 Å². The Labute approximate surface area is 182 Å². The zero-order valence-corrected chi connectivity index (χ0v) is 18.0. The van der Waals surface area contributed by atoms with Crippen molar-refractivity contribution in [2.75, 3.05) is 12.4 Å². The molecule has 2 N–H and O–H groups in total. The SMILES string of the molecule is COc1ccc2cc([C@@H](C)C(=O)Nc3ccccc3C(=O)NC3CCCC3)ccc2c1. The third-order valence-corrected chi connectivity index (χ3v) is 6.08. The van der Waals surface area contributed by atoms with Crippen LogP contribution in [-0.4, -0.2) is 25.0 Å². The Bertz CT molecular complexity index is 1100. The van der Waals surface area contributed by atoms with Gasteiger partial charge in [0.25, 0.3) is 5.91 Å². The minimum atomic E-state index is -0.363. The zero-order valence-electron chi connectivity index (χ0n) is 18.0. The summed E-state index contributed by atoms with van der Waals surface area (Å²) >= 11 is 0. The molecular formula is C26H28N2O3. The predicted molar refractivity (Wildman–Crippen MR) is 124 cm³/mol. The lowest BCUT2D eigenvalue weighted by molar-refractivity contribution is -0.117. The fourth-order valence-corrected chi connectivity index (χ4v) is 4.15. The molecular weight excluding hydrogens is 388 g/mol. The van der Waals surface area contributed by atoms with Gasteiger partial charge in [-0.3, -0.25) is 9.59 Å². The first-order chi connectivity index (χ1) is 15.0. The lowest BCUT2D eigenvalue weighted by atomic mass is 9.96. The van der Waals surface area contributed by atoms with E-state index in [9.17, 15) is 9.59 Å². The molecule has 2 amide bonds. The van der Waals surface area contributed by atoms with Crippen LogP contribution in [0.5, 0.6) is 5.75 Å². The lowest BCUT2D eigenvalue weighted by Crippen LogP contribution is -2.33. The molecule has 3 aromatic carbocycles. The summed E-state index contributed by atoms with van der Waals surface area (Å²) in [5.41, 5.74) is 1.96. The summed E-state index contributed by atoms with van der Waals surface area (Å²) in [6.07, 6.45) is 4.34. The smallest absolute Gasteiger partial charge is 0.253 e. The van der Waals surface area contributed by atoms with Gasteiger partial charge in [0.05, 0.1) is 24.3 Å². The average molecular weight is 417 g/mol. The molecule has 0 bridgehead atoms. The van der Waals surface area contributed by atoms with Crippen molar-refractivity contribution in [3.05, 3.63) is 71.8 Å². The molecule has 160 valence electrons. The summed E-state index contributed by atoms with van der Waals surface area (Å²) in [4.78, 5) is 25.8. The van der Waals surface area contributed by atoms with Gasteiger partial charge in [-0.15, -0.1) is 0 Å². The van der Waals surface area contributed by atoms with Crippen LogP contribution in [0.2, 0.25) is 0 Å². The Kier molecular flexibility index (Phi) is 6.21. The fourth-order valence-electron chi connectivity index (χ4n) is 4.15. The minimum Gasteiger partial charge on any atom is -0.497 e. The van der Waals surface area contributed by atoms with Crippen LogP contribution in [0.4, 0.5) is 5.69 Å². The van der Waals surface area contributed by atoms with Crippen molar-refractivity contribution in [2.45, 2.75) is 44.6 Å². The van der Waals surface area contributed by atoms with E-state index >= 15 is 0 Å². The Balaban J connectivity index is 1.50. The molecule has 3 aromatic rings. The topological polar surface area (TPSA) is 67.4 Å². The minimum absolute atomic E-state index is 0.130. The first-order valence-corrected chi connectivity index (χ1v) is 10.8. The summed E-state index contributed by atoms with van der Waals surface area (Å²) < 4.78 is 5.28. The number of hydrogen-bond donors (Lipinski definition) is 2. The standard InChI is InChI=1S/C26H28N2O3/c1-17(18-11-12-20-16-22(31-2)14-13-19(20)15-18)25(29)28-24-10-6-5-9-23(24)26(30)27-21-7-3-4-8-21/h5-6,9-17,21H,3-4,7-8H2,1-2H3,(H,27,30)(H,28,29)/t17-/m1/s1. The third kappa shape index (κ3) is 4.71. The largest absolute Gasteiger partial charge is 0.497 e. The normalized spacial score (nSPS) is 14.9. The summed E-state index contributed by atoms with van der Waals surface area (Å²) in [7, 11) is 1.65. The second-order valence-electron chi connectivity index (χ2n) is 8.18. The van der Waals surface area contributed by atoms with Crippen molar-refractivity contribution in [2.24, 2.45) is 0 Å². The van der Waals surface area contributed by atoms with Crippen LogP contribution in [0, 0.1) is 0 Å². The van der Waals surface area contributed by atoms with Crippen LogP contribution in [0.1, 0.15) is 54.4 Å². The number of para-hydroxylation sites is 1. The second kappa shape index (κ2) is 9.21. The predicted octanol–water partition coefficient (Wildman–Crippen LogP) is 5.26. The van der Waals surface area contributed by atoms with Gasteiger partial charge in [-0.1, -0.05) is 49.2 Å². The number of benzene rings is 3. The molecule has 1 aliphatic rings. The fraction of sp³-hybridized carbons (Fsp3) is 0.308. The molecule has 0 spiro atoms. The van der Waals surface area contributed by atoms with Gasteiger partial charge in [0.15, 0.2) is 0 Å². The number of fused-ring (bicyclic) bond motifs is 1.